The van der Waals surface area contributed by atoms with Crippen LogP contribution in [0, 0.1) is 19.7 Å². The van der Waals surface area contributed by atoms with Gasteiger partial charge in [-0.15, -0.1) is 0 Å². The third-order valence-electron chi connectivity index (χ3n) is 4.99. The first-order chi connectivity index (χ1) is 12.9. The Morgan fingerprint density at radius 1 is 0.963 bits per heavy atom. The summed E-state index contributed by atoms with van der Waals surface area (Å²) in [5.74, 6) is -0.338. The van der Waals surface area contributed by atoms with Gasteiger partial charge in [-0.2, -0.15) is 0 Å². The van der Waals surface area contributed by atoms with Crippen LogP contribution in [0.3, 0.4) is 0 Å². The highest BCUT2D eigenvalue weighted by molar-refractivity contribution is 5.95. The predicted octanol–water partition coefficient (Wildman–Crippen LogP) is 3.36. The second-order valence-electron chi connectivity index (χ2n) is 7.15. The molecule has 1 heterocycles. The molecule has 0 spiro atoms. The van der Waals surface area contributed by atoms with Crippen molar-refractivity contribution in [2.75, 3.05) is 26.2 Å². The van der Waals surface area contributed by atoms with Gasteiger partial charge in [0.2, 0.25) is 5.91 Å². The second kappa shape index (κ2) is 8.33. The number of hydrogen-bond acceptors (Lipinski definition) is 2. The Kier molecular flexibility index (Phi) is 5.89. The largest absolute Gasteiger partial charge is 0.341 e. The lowest BCUT2D eigenvalue weighted by atomic mass is 10.0. The number of nitrogens with zero attached hydrogens (tertiary/aromatic N) is 2. The average Bonchev–Trinajstić information content (AvgIpc) is 2.87. The number of hydrogen-bond donors (Lipinski definition) is 0. The van der Waals surface area contributed by atoms with Gasteiger partial charge in [-0.25, -0.2) is 4.39 Å². The van der Waals surface area contributed by atoms with Crippen LogP contribution in [0.25, 0.3) is 0 Å². The molecule has 1 saturated heterocycles. The van der Waals surface area contributed by atoms with E-state index in [9.17, 15) is 14.0 Å². The van der Waals surface area contributed by atoms with Crippen molar-refractivity contribution < 1.29 is 14.0 Å². The van der Waals surface area contributed by atoms with Crippen molar-refractivity contribution in [2.45, 2.75) is 26.7 Å². The maximum absolute atomic E-state index is 13.3. The highest BCUT2D eigenvalue weighted by Gasteiger charge is 2.23. The van der Waals surface area contributed by atoms with E-state index >= 15 is 0 Å². The molecule has 4 nitrogen and oxygen atoms in total. The number of carbonyl (C=O) groups excluding carboxylic acids is 2. The van der Waals surface area contributed by atoms with Gasteiger partial charge < -0.3 is 9.80 Å². The number of carbonyl (C=O) groups is 2. The van der Waals surface area contributed by atoms with Crippen LogP contribution in [0.15, 0.2) is 42.5 Å². The minimum Gasteiger partial charge on any atom is -0.341 e. The third kappa shape index (κ3) is 4.73. The summed E-state index contributed by atoms with van der Waals surface area (Å²) in [7, 11) is 0. The minimum absolute atomic E-state index is 0.0203. The zero-order chi connectivity index (χ0) is 19.4. The molecule has 1 aliphatic heterocycles. The molecular formula is C22H25FN2O2. The Balaban J connectivity index is 1.63. The zero-order valence-corrected chi connectivity index (χ0v) is 15.9. The number of benzene rings is 2. The molecule has 0 atom stereocenters. The van der Waals surface area contributed by atoms with E-state index in [1.165, 1.54) is 12.1 Å². The standard InChI is InChI=1S/C22H25FN2O2/c1-16-7-8-20(17(2)13-16)22(27)25-10-4-9-24(11-12-25)21(26)15-18-5-3-6-19(23)14-18/h3,5-8,13-14H,4,9-12,15H2,1-2H3. The van der Waals surface area contributed by atoms with Gasteiger partial charge in [0.1, 0.15) is 5.82 Å². The summed E-state index contributed by atoms with van der Waals surface area (Å²) in [4.78, 5) is 29.0. The maximum atomic E-state index is 13.3. The summed E-state index contributed by atoms with van der Waals surface area (Å²) >= 11 is 0. The fourth-order valence-corrected chi connectivity index (χ4v) is 3.53. The van der Waals surface area contributed by atoms with E-state index in [-0.39, 0.29) is 24.1 Å². The Morgan fingerprint density at radius 2 is 1.70 bits per heavy atom. The molecule has 1 aliphatic rings. The van der Waals surface area contributed by atoms with Gasteiger partial charge in [-0.3, -0.25) is 9.59 Å². The van der Waals surface area contributed by atoms with Gasteiger partial charge >= 0.3 is 0 Å². The molecule has 2 amide bonds. The molecule has 0 saturated carbocycles. The Morgan fingerprint density at radius 3 is 2.44 bits per heavy atom. The number of rotatable bonds is 3. The first-order valence-corrected chi connectivity index (χ1v) is 9.33. The molecule has 1 fully saturated rings. The number of amides is 2. The van der Waals surface area contributed by atoms with Gasteiger partial charge in [0, 0.05) is 31.7 Å². The van der Waals surface area contributed by atoms with E-state index in [1.54, 1.807) is 17.0 Å². The summed E-state index contributed by atoms with van der Waals surface area (Å²) in [6.07, 6.45) is 0.925. The van der Waals surface area contributed by atoms with Crippen LogP contribution in [-0.4, -0.2) is 47.8 Å². The van der Waals surface area contributed by atoms with Crippen LogP contribution in [0.5, 0.6) is 0 Å². The SMILES string of the molecule is Cc1ccc(C(=O)N2CCCN(C(=O)Cc3cccc(F)c3)CC2)c(C)c1. The van der Waals surface area contributed by atoms with E-state index in [2.05, 4.69) is 0 Å². The van der Waals surface area contributed by atoms with Crippen LogP contribution in [-0.2, 0) is 11.2 Å². The van der Waals surface area contributed by atoms with Gasteiger partial charge in [0.15, 0.2) is 0 Å². The van der Waals surface area contributed by atoms with Crippen molar-refractivity contribution in [3.05, 3.63) is 70.5 Å². The molecule has 142 valence electrons. The lowest BCUT2D eigenvalue weighted by molar-refractivity contribution is -0.130. The summed E-state index contributed by atoms with van der Waals surface area (Å²) in [6.45, 7) is 6.23. The van der Waals surface area contributed by atoms with Crippen molar-refractivity contribution in [3.63, 3.8) is 0 Å². The smallest absolute Gasteiger partial charge is 0.254 e. The van der Waals surface area contributed by atoms with Crippen LogP contribution >= 0.6 is 0 Å². The van der Waals surface area contributed by atoms with E-state index < -0.39 is 0 Å². The van der Waals surface area contributed by atoms with Crippen molar-refractivity contribution in [1.29, 1.82) is 0 Å². The number of halogens is 1. The van der Waals surface area contributed by atoms with Gasteiger partial charge in [0.25, 0.3) is 5.91 Å². The fourth-order valence-electron chi connectivity index (χ4n) is 3.53. The molecule has 5 heteroatoms. The van der Waals surface area contributed by atoms with Crippen LogP contribution < -0.4 is 0 Å². The summed E-state index contributed by atoms with van der Waals surface area (Å²) < 4.78 is 13.3. The van der Waals surface area contributed by atoms with Crippen LogP contribution in [0.4, 0.5) is 4.39 Å². The molecule has 0 aliphatic carbocycles. The van der Waals surface area contributed by atoms with E-state index in [0.717, 1.165) is 23.1 Å². The molecule has 0 aromatic heterocycles. The van der Waals surface area contributed by atoms with Crippen molar-refractivity contribution in [3.8, 4) is 0 Å². The predicted molar refractivity (Wildman–Crippen MR) is 103 cm³/mol. The topological polar surface area (TPSA) is 40.6 Å². The molecular weight excluding hydrogens is 343 g/mol. The first kappa shape index (κ1) is 19.1. The fraction of sp³-hybridized carbons (Fsp3) is 0.364. The van der Waals surface area contributed by atoms with E-state index in [0.29, 0.717) is 31.7 Å². The Labute approximate surface area is 159 Å². The van der Waals surface area contributed by atoms with Crippen molar-refractivity contribution in [2.24, 2.45) is 0 Å². The van der Waals surface area contributed by atoms with Crippen molar-refractivity contribution >= 4 is 11.8 Å². The van der Waals surface area contributed by atoms with E-state index in [4.69, 9.17) is 0 Å². The molecule has 0 bridgehead atoms. The molecule has 3 rings (SSSR count). The minimum atomic E-state index is -0.332. The normalized spacial score (nSPS) is 14.8. The summed E-state index contributed by atoms with van der Waals surface area (Å²) in [5.41, 5.74) is 3.50. The summed E-state index contributed by atoms with van der Waals surface area (Å²) in [5, 5.41) is 0. The Bertz CT molecular complexity index is 850. The highest BCUT2D eigenvalue weighted by atomic mass is 19.1. The molecule has 0 radical (unpaired) electrons. The molecule has 27 heavy (non-hydrogen) atoms. The van der Waals surface area contributed by atoms with Crippen LogP contribution in [0.2, 0.25) is 0 Å². The monoisotopic (exact) mass is 368 g/mol. The van der Waals surface area contributed by atoms with E-state index in [1.807, 2.05) is 36.9 Å². The summed E-state index contributed by atoms with van der Waals surface area (Å²) in [6, 6.07) is 12.0. The molecule has 0 unspecified atom stereocenters. The first-order valence-electron chi connectivity index (χ1n) is 9.33. The third-order valence-corrected chi connectivity index (χ3v) is 4.99. The van der Waals surface area contributed by atoms with Gasteiger partial charge in [0.05, 0.1) is 6.42 Å². The quantitative estimate of drug-likeness (QED) is 0.834. The Hall–Kier alpha value is -2.69. The maximum Gasteiger partial charge on any atom is 0.254 e. The van der Waals surface area contributed by atoms with Gasteiger partial charge in [-0.1, -0.05) is 29.8 Å². The second-order valence-corrected chi connectivity index (χ2v) is 7.15. The molecule has 0 N–H and O–H groups in total. The van der Waals surface area contributed by atoms with Crippen molar-refractivity contribution in [1.82, 2.24) is 9.80 Å². The number of aryl methyl sites for hydroxylation is 2. The molecule has 2 aromatic carbocycles. The lowest BCUT2D eigenvalue weighted by Gasteiger charge is -2.23. The average molecular weight is 368 g/mol. The van der Waals surface area contributed by atoms with Crippen LogP contribution in [0.1, 0.15) is 33.5 Å². The zero-order valence-electron chi connectivity index (χ0n) is 15.9. The highest BCUT2D eigenvalue weighted by Crippen LogP contribution is 2.15. The molecule has 2 aromatic rings. The van der Waals surface area contributed by atoms with Gasteiger partial charge in [-0.05, 0) is 49.6 Å². The lowest BCUT2D eigenvalue weighted by Crippen LogP contribution is -2.38.